The van der Waals surface area contributed by atoms with Gasteiger partial charge in [-0.2, -0.15) is 15.0 Å². The smallest absolute Gasteiger partial charge is 0.252 e. The molecule has 3 heterocycles. The number of nitrogens with zero attached hydrogens (tertiary/aromatic N) is 5. The molecule has 6 N–H and O–H groups in total. The van der Waals surface area contributed by atoms with Gasteiger partial charge in [0, 0.05) is 17.5 Å². The molecule has 0 spiro atoms. The first kappa shape index (κ1) is 21.7. The monoisotopic (exact) mass is 461 g/mol. The number of carbonyl (C=O) groups excluding carboxylic acids is 1. The average molecular weight is 462 g/mol. The van der Waals surface area contributed by atoms with E-state index in [2.05, 4.69) is 30.8 Å². The Morgan fingerprint density at radius 3 is 2.65 bits per heavy atom. The summed E-state index contributed by atoms with van der Waals surface area (Å²) in [5.41, 5.74) is 13.7. The van der Waals surface area contributed by atoms with Gasteiger partial charge in [-0.25, -0.2) is 9.37 Å². The number of amides is 1. The molecule has 0 aliphatic heterocycles. The Bertz CT molecular complexity index is 1340. The molecule has 10 nitrogen and oxygen atoms in total. The van der Waals surface area contributed by atoms with E-state index in [1.54, 1.807) is 18.6 Å². The van der Waals surface area contributed by atoms with Gasteiger partial charge in [-0.3, -0.25) is 9.78 Å². The van der Waals surface area contributed by atoms with Crippen LogP contribution in [0, 0.1) is 5.82 Å². The van der Waals surface area contributed by atoms with Gasteiger partial charge in [0.1, 0.15) is 5.82 Å². The van der Waals surface area contributed by atoms with Crippen molar-refractivity contribution in [3.63, 3.8) is 0 Å². The fraction of sp³-hybridized carbons (Fsp3) is 0.261. The molecule has 34 heavy (non-hydrogen) atoms. The highest BCUT2D eigenvalue weighted by atomic mass is 19.1. The van der Waals surface area contributed by atoms with Gasteiger partial charge in [-0.05, 0) is 37.1 Å². The zero-order valence-corrected chi connectivity index (χ0v) is 18.3. The van der Waals surface area contributed by atoms with Crippen molar-refractivity contribution in [2.45, 2.75) is 37.8 Å². The number of hydrogen-bond donors (Lipinski definition) is 4. The Hall–Kier alpha value is -4.12. The summed E-state index contributed by atoms with van der Waals surface area (Å²) in [6, 6.07) is 8.37. The molecule has 5 rings (SSSR count). The minimum Gasteiger partial charge on any atom is -0.365 e. The van der Waals surface area contributed by atoms with Crippen molar-refractivity contribution in [2.75, 3.05) is 10.6 Å². The van der Waals surface area contributed by atoms with Gasteiger partial charge in [0.15, 0.2) is 11.6 Å². The molecule has 0 saturated heterocycles. The van der Waals surface area contributed by atoms with Crippen molar-refractivity contribution in [3.8, 4) is 5.69 Å². The zero-order valence-electron chi connectivity index (χ0n) is 18.3. The highest BCUT2D eigenvalue weighted by molar-refractivity contribution is 5.99. The number of primary amides is 1. The lowest BCUT2D eigenvalue weighted by Crippen LogP contribution is -2.43. The maximum absolute atomic E-state index is 14.7. The van der Waals surface area contributed by atoms with E-state index < -0.39 is 11.7 Å². The first-order valence-electron chi connectivity index (χ1n) is 11.0. The van der Waals surface area contributed by atoms with Gasteiger partial charge < -0.3 is 22.1 Å². The van der Waals surface area contributed by atoms with E-state index in [1.165, 1.54) is 4.80 Å². The third-order valence-corrected chi connectivity index (χ3v) is 5.96. The maximum Gasteiger partial charge on any atom is 0.252 e. The number of nitrogens with one attached hydrogen (secondary N) is 2. The number of pyridine rings is 2. The summed E-state index contributed by atoms with van der Waals surface area (Å²) in [6.07, 6.45) is 8.56. The number of carbonyl (C=O) groups is 1. The standard InChI is InChI=1S/C23H24FN9O/c24-17-11-16(21(26)34)22(32-23(17)31-19-4-2-1-3-18(19)25)30-14-9-13-5-6-15(10-20(13)27-12-14)33-28-7-8-29-33/h5-12,18-19H,1-4,25H2,(H2,26,34)(H2,30,31,32)/t18-,19+/m0/s1. The molecule has 1 aromatic carbocycles. The van der Waals surface area contributed by atoms with Gasteiger partial charge in [0.25, 0.3) is 5.91 Å². The molecule has 0 radical (unpaired) electrons. The second-order valence-electron chi connectivity index (χ2n) is 8.32. The summed E-state index contributed by atoms with van der Waals surface area (Å²) in [4.78, 5) is 22.3. The summed E-state index contributed by atoms with van der Waals surface area (Å²) in [5.74, 6) is -1.28. The van der Waals surface area contributed by atoms with Crippen LogP contribution >= 0.6 is 0 Å². The number of benzene rings is 1. The van der Waals surface area contributed by atoms with Gasteiger partial charge >= 0.3 is 0 Å². The summed E-state index contributed by atoms with van der Waals surface area (Å²) in [7, 11) is 0. The van der Waals surface area contributed by atoms with E-state index in [1.807, 2.05) is 24.3 Å². The van der Waals surface area contributed by atoms with Crippen LogP contribution in [-0.2, 0) is 0 Å². The fourth-order valence-electron chi connectivity index (χ4n) is 4.18. The van der Waals surface area contributed by atoms with Crippen LogP contribution in [0.25, 0.3) is 16.6 Å². The van der Waals surface area contributed by atoms with Crippen molar-refractivity contribution in [1.82, 2.24) is 25.0 Å². The molecular weight excluding hydrogens is 437 g/mol. The first-order chi connectivity index (χ1) is 16.5. The van der Waals surface area contributed by atoms with E-state index in [0.29, 0.717) is 5.69 Å². The second-order valence-corrected chi connectivity index (χ2v) is 8.32. The van der Waals surface area contributed by atoms with Crippen molar-refractivity contribution in [3.05, 3.63) is 60.3 Å². The minimum absolute atomic E-state index is 0.0277. The fourth-order valence-corrected chi connectivity index (χ4v) is 4.18. The molecule has 2 atom stereocenters. The van der Waals surface area contributed by atoms with E-state index in [4.69, 9.17) is 11.5 Å². The quantitative estimate of drug-likeness (QED) is 0.342. The van der Waals surface area contributed by atoms with Gasteiger partial charge in [-0.15, -0.1) is 0 Å². The molecule has 4 aromatic rings. The summed E-state index contributed by atoms with van der Waals surface area (Å²) < 4.78 is 14.7. The van der Waals surface area contributed by atoms with Crippen LogP contribution in [0.1, 0.15) is 36.0 Å². The lowest BCUT2D eigenvalue weighted by atomic mass is 9.91. The largest absolute Gasteiger partial charge is 0.365 e. The third kappa shape index (κ3) is 4.37. The Morgan fingerprint density at radius 1 is 1.09 bits per heavy atom. The number of fused-ring (bicyclic) bond motifs is 1. The zero-order chi connectivity index (χ0) is 23.7. The van der Waals surface area contributed by atoms with Crippen molar-refractivity contribution in [1.29, 1.82) is 0 Å². The summed E-state index contributed by atoms with van der Waals surface area (Å²) in [6.45, 7) is 0. The number of anilines is 3. The summed E-state index contributed by atoms with van der Waals surface area (Å²) in [5, 5.41) is 15.3. The summed E-state index contributed by atoms with van der Waals surface area (Å²) >= 11 is 0. The lowest BCUT2D eigenvalue weighted by Gasteiger charge is -2.30. The van der Waals surface area contributed by atoms with Gasteiger partial charge in [-0.1, -0.05) is 18.9 Å². The molecule has 11 heteroatoms. The Labute approximate surface area is 194 Å². The van der Waals surface area contributed by atoms with E-state index >= 15 is 0 Å². The van der Waals surface area contributed by atoms with Crippen molar-refractivity contribution < 1.29 is 9.18 Å². The van der Waals surface area contributed by atoms with Crippen LogP contribution in [0.4, 0.5) is 21.7 Å². The second kappa shape index (κ2) is 9.02. The van der Waals surface area contributed by atoms with Crippen LogP contribution < -0.4 is 22.1 Å². The predicted octanol–water partition coefficient (Wildman–Crippen LogP) is 2.87. The van der Waals surface area contributed by atoms with E-state index in [0.717, 1.165) is 48.3 Å². The predicted molar refractivity (Wildman–Crippen MR) is 127 cm³/mol. The molecule has 1 saturated carbocycles. The number of hydrogen-bond acceptors (Lipinski definition) is 8. The van der Waals surface area contributed by atoms with E-state index in [9.17, 15) is 9.18 Å². The van der Waals surface area contributed by atoms with Crippen LogP contribution in [0.5, 0.6) is 0 Å². The molecular formula is C23H24FN9O. The van der Waals surface area contributed by atoms with Crippen LogP contribution in [-0.4, -0.2) is 43.0 Å². The van der Waals surface area contributed by atoms with Crippen LogP contribution in [0.15, 0.2) is 48.9 Å². The van der Waals surface area contributed by atoms with Crippen molar-refractivity contribution >= 4 is 34.1 Å². The maximum atomic E-state index is 14.7. The SMILES string of the molecule is NC(=O)c1cc(F)c(N[C@@H]2CCCC[C@@H]2N)nc1Nc1cnc2cc(-n3nccn3)ccc2c1. The average Bonchev–Trinajstić information content (AvgIpc) is 3.37. The third-order valence-electron chi connectivity index (χ3n) is 5.96. The van der Waals surface area contributed by atoms with E-state index in [-0.39, 0.29) is 29.3 Å². The molecule has 1 fully saturated rings. The Balaban J connectivity index is 1.45. The number of rotatable bonds is 6. The van der Waals surface area contributed by atoms with Crippen LogP contribution in [0.3, 0.4) is 0 Å². The van der Waals surface area contributed by atoms with Gasteiger partial charge in [0.05, 0.1) is 41.0 Å². The van der Waals surface area contributed by atoms with Gasteiger partial charge in [0.2, 0.25) is 0 Å². The molecule has 0 unspecified atom stereocenters. The number of halogens is 1. The first-order valence-corrected chi connectivity index (χ1v) is 11.0. The number of aromatic nitrogens is 5. The lowest BCUT2D eigenvalue weighted by molar-refractivity contribution is 0.100. The minimum atomic E-state index is -0.792. The highest BCUT2D eigenvalue weighted by Crippen LogP contribution is 2.28. The molecule has 1 amide bonds. The Kier molecular flexibility index (Phi) is 5.76. The van der Waals surface area contributed by atoms with Crippen LogP contribution in [0.2, 0.25) is 0 Å². The molecule has 0 bridgehead atoms. The Morgan fingerprint density at radius 2 is 1.88 bits per heavy atom. The highest BCUT2D eigenvalue weighted by Gasteiger charge is 2.24. The normalized spacial score (nSPS) is 18.1. The molecule has 1 aliphatic rings. The topological polar surface area (TPSA) is 150 Å². The van der Waals surface area contributed by atoms with Crippen molar-refractivity contribution in [2.24, 2.45) is 11.5 Å². The molecule has 3 aromatic heterocycles. The molecule has 174 valence electrons. The number of nitrogens with two attached hydrogens (primary N) is 2. The molecule has 1 aliphatic carbocycles.